The van der Waals surface area contributed by atoms with Crippen LogP contribution in [0.5, 0.6) is 0 Å². The summed E-state index contributed by atoms with van der Waals surface area (Å²) in [6, 6.07) is 53.3. The number of fused-ring (bicyclic) bond motifs is 11. The average molecular weight is 836 g/mol. The molecule has 0 amide bonds. The predicted octanol–water partition coefficient (Wildman–Crippen LogP) is 10.5. The normalized spacial score (nSPS) is 13.4. The Kier molecular flexibility index (Phi) is 7.14. The van der Waals surface area contributed by atoms with Crippen molar-refractivity contribution < 1.29 is 21.1 Å². The van der Waals surface area contributed by atoms with Gasteiger partial charge >= 0.3 is 21.1 Å². The fourth-order valence-corrected chi connectivity index (χ4v) is 8.15. The number of nitrogens with zero attached hydrogens (tertiary/aromatic N) is 4. The SMILES string of the molecule is CC(C)(C)c1ccnc(-c2[c-]c(C3(c4[c-]c5c(cc4)c4ncccc4n4c6ccccc6nc54)c4ccccc4-c4ccccc43)ccc2)c1.[Pt+2]. The Morgan fingerprint density at radius 1 is 0.627 bits per heavy atom. The molecule has 0 fully saturated rings. The molecule has 0 saturated heterocycles. The smallest absolute Gasteiger partial charge is 0.332 e. The summed E-state index contributed by atoms with van der Waals surface area (Å²) in [4.78, 5) is 15.0. The Balaban J connectivity index is 0.00000348. The van der Waals surface area contributed by atoms with Gasteiger partial charge in [0.1, 0.15) is 0 Å². The first-order valence-corrected chi connectivity index (χ1v) is 17.1. The summed E-state index contributed by atoms with van der Waals surface area (Å²) in [5, 5.41) is 1.98. The minimum atomic E-state index is -0.693. The summed E-state index contributed by atoms with van der Waals surface area (Å²) in [7, 11) is 0. The van der Waals surface area contributed by atoms with Crippen molar-refractivity contribution >= 4 is 38.5 Å². The van der Waals surface area contributed by atoms with E-state index in [2.05, 4.69) is 153 Å². The summed E-state index contributed by atoms with van der Waals surface area (Å²) in [6.45, 7) is 6.71. The third kappa shape index (κ3) is 4.52. The number of hydrogen-bond acceptors (Lipinski definition) is 3. The molecule has 1 aliphatic carbocycles. The molecule has 4 aromatic heterocycles. The number of hydrogen-bond donors (Lipinski definition) is 0. The molecule has 246 valence electrons. The minimum absolute atomic E-state index is 0. The zero-order valence-electron chi connectivity index (χ0n) is 28.4. The van der Waals surface area contributed by atoms with E-state index in [9.17, 15) is 0 Å². The zero-order valence-corrected chi connectivity index (χ0v) is 30.7. The van der Waals surface area contributed by atoms with Crippen LogP contribution in [0, 0.1) is 12.1 Å². The molecule has 0 bridgehead atoms. The van der Waals surface area contributed by atoms with E-state index in [1.165, 1.54) is 27.8 Å². The zero-order chi connectivity index (χ0) is 33.6. The second kappa shape index (κ2) is 11.5. The quantitative estimate of drug-likeness (QED) is 0.132. The Bertz CT molecular complexity index is 2780. The molecule has 0 aliphatic heterocycles. The largest absolute Gasteiger partial charge is 2.00 e. The summed E-state index contributed by atoms with van der Waals surface area (Å²) >= 11 is 0. The third-order valence-corrected chi connectivity index (χ3v) is 10.5. The van der Waals surface area contributed by atoms with E-state index < -0.39 is 5.41 Å². The maximum Gasteiger partial charge on any atom is 2.00 e. The van der Waals surface area contributed by atoms with Crippen molar-refractivity contribution in [2.75, 3.05) is 0 Å². The van der Waals surface area contributed by atoms with Gasteiger partial charge in [0.2, 0.25) is 0 Å². The first kappa shape index (κ1) is 31.5. The van der Waals surface area contributed by atoms with Gasteiger partial charge in [0.25, 0.3) is 0 Å². The second-order valence-electron chi connectivity index (χ2n) is 14.3. The molecule has 0 atom stereocenters. The van der Waals surface area contributed by atoms with Crippen LogP contribution in [0.25, 0.3) is 60.9 Å². The van der Waals surface area contributed by atoms with E-state index in [0.717, 1.165) is 60.9 Å². The summed E-state index contributed by atoms with van der Waals surface area (Å²) in [5.74, 6) is 0. The van der Waals surface area contributed by atoms with Crippen molar-refractivity contribution in [2.24, 2.45) is 0 Å². The van der Waals surface area contributed by atoms with Gasteiger partial charge in [-0.3, -0.25) is 9.97 Å². The van der Waals surface area contributed by atoms with Crippen LogP contribution in [-0.2, 0) is 31.9 Å². The van der Waals surface area contributed by atoms with Crippen molar-refractivity contribution in [1.82, 2.24) is 19.4 Å². The maximum atomic E-state index is 5.21. The van der Waals surface area contributed by atoms with E-state index in [-0.39, 0.29) is 26.5 Å². The van der Waals surface area contributed by atoms with Crippen LogP contribution in [0.4, 0.5) is 0 Å². The van der Waals surface area contributed by atoms with Gasteiger partial charge in [-0.1, -0.05) is 98.3 Å². The Hall–Kier alpha value is -5.44. The molecule has 4 nitrogen and oxygen atoms in total. The molecule has 10 rings (SSSR count). The van der Waals surface area contributed by atoms with Crippen LogP contribution < -0.4 is 0 Å². The van der Waals surface area contributed by atoms with Crippen LogP contribution in [0.15, 0.2) is 140 Å². The fourth-order valence-electron chi connectivity index (χ4n) is 8.15. The van der Waals surface area contributed by atoms with Gasteiger partial charge in [-0.05, 0) is 69.3 Å². The molecule has 0 radical (unpaired) electrons. The van der Waals surface area contributed by atoms with Crippen molar-refractivity contribution in [3.63, 3.8) is 0 Å². The molecule has 9 aromatic rings. The van der Waals surface area contributed by atoms with Gasteiger partial charge in [-0.15, -0.1) is 59.2 Å². The number of pyridine rings is 3. The van der Waals surface area contributed by atoms with Gasteiger partial charge in [0.15, 0.2) is 0 Å². The summed E-state index contributed by atoms with van der Waals surface area (Å²) in [6.07, 6.45) is 3.79. The van der Waals surface area contributed by atoms with Crippen LogP contribution >= 0.6 is 0 Å². The first-order chi connectivity index (χ1) is 24.4. The Morgan fingerprint density at radius 2 is 1.33 bits per heavy atom. The second-order valence-corrected chi connectivity index (χ2v) is 14.3. The third-order valence-electron chi connectivity index (χ3n) is 10.5. The monoisotopic (exact) mass is 835 g/mol. The Morgan fingerprint density at radius 3 is 2.12 bits per heavy atom. The van der Waals surface area contributed by atoms with Gasteiger partial charge in [0.05, 0.1) is 27.7 Å². The van der Waals surface area contributed by atoms with Crippen molar-refractivity contribution in [3.8, 4) is 22.4 Å². The summed E-state index contributed by atoms with van der Waals surface area (Å²) in [5.41, 5.74) is 14.2. The number of aromatic nitrogens is 4. The number of benzene rings is 5. The van der Waals surface area contributed by atoms with E-state index in [1.54, 1.807) is 0 Å². The van der Waals surface area contributed by atoms with Gasteiger partial charge < -0.3 is 9.38 Å². The molecule has 51 heavy (non-hydrogen) atoms. The summed E-state index contributed by atoms with van der Waals surface area (Å²) < 4.78 is 2.24. The van der Waals surface area contributed by atoms with Gasteiger partial charge in [-0.2, -0.15) is 0 Å². The van der Waals surface area contributed by atoms with Crippen LogP contribution in [0.1, 0.15) is 48.6 Å². The molecule has 0 N–H and O–H groups in total. The first-order valence-electron chi connectivity index (χ1n) is 17.1. The Labute approximate surface area is 311 Å². The van der Waals surface area contributed by atoms with Crippen LogP contribution in [0.2, 0.25) is 0 Å². The van der Waals surface area contributed by atoms with E-state index in [0.29, 0.717) is 0 Å². The maximum absolute atomic E-state index is 5.21. The number of rotatable bonds is 3. The topological polar surface area (TPSA) is 43.1 Å². The standard InChI is InChI=1S/C46H32N4.Pt/c1-45(2,3)30-23-25-47-40(28-30)29-12-10-13-31(26-29)46(37-16-6-4-14-33(37)34-15-5-7-17-38(34)46)32-21-22-35-36(27-32)44-49-39-18-8-9-19-41(39)50(44)42-20-11-24-48-43(35)42;/h4-25,28H,1-3H3;/q-2;+2. The minimum Gasteiger partial charge on any atom is -0.332 e. The van der Waals surface area contributed by atoms with E-state index in [1.807, 2.05) is 24.5 Å². The number of imidazole rings is 1. The van der Waals surface area contributed by atoms with E-state index in [4.69, 9.17) is 15.0 Å². The van der Waals surface area contributed by atoms with Crippen LogP contribution in [0.3, 0.4) is 0 Å². The number of para-hydroxylation sites is 2. The molecule has 5 aromatic carbocycles. The molecule has 4 heterocycles. The van der Waals surface area contributed by atoms with Crippen LogP contribution in [-0.4, -0.2) is 19.4 Å². The molecular formula is C46H32N4Pt. The molecule has 0 spiro atoms. The molecule has 5 heteroatoms. The average Bonchev–Trinajstić information content (AvgIpc) is 3.70. The van der Waals surface area contributed by atoms with Crippen molar-refractivity contribution in [3.05, 3.63) is 180 Å². The molecular weight excluding hydrogens is 804 g/mol. The molecule has 1 aliphatic rings. The van der Waals surface area contributed by atoms with Gasteiger partial charge in [-0.25, -0.2) is 0 Å². The molecule has 0 unspecified atom stereocenters. The fraction of sp³-hybridized carbons (Fsp3) is 0.109. The van der Waals surface area contributed by atoms with Gasteiger partial charge in [0, 0.05) is 17.8 Å². The molecule has 0 saturated carbocycles. The van der Waals surface area contributed by atoms with E-state index >= 15 is 0 Å². The predicted molar refractivity (Wildman–Crippen MR) is 202 cm³/mol. The van der Waals surface area contributed by atoms with Crippen molar-refractivity contribution in [1.29, 1.82) is 0 Å². The van der Waals surface area contributed by atoms with Crippen molar-refractivity contribution in [2.45, 2.75) is 31.6 Å².